The summed E-state index contributed by atoms with van der Waals surface area (Å²) in [6.45, 7) is 4.11. The van der Waals surface area contributed by atoms with Gasteiger partial charge in [-0.05, 0) is 23.6 Å². The molecule has 0 spiro atoms. The van der Waals surface area contributed by atoms with Crippen LogP contribution in [-0.4, -0.2) is 24.1 Å². The van der Waals surface area contributed by atoms with Gasteiger partial charge in [0, 0.05) is 19.5 Å². The van der Waals surface area contributed by atoms with Crippen molar-refractivity contribution < 1.29 is 17.9 Å². The van der Waals surface area contributed by atoms with Crippen LogP contribution in [0.2, 0.25) is 0 Å². The largest absolute Gasteiger partial charge is 0.437 e. The predicted molar refractivity (Wildman–Crippen MR) is 110 cm³/mol. The van der Waals surface area contributed by atoms with Gasteiger partial charge in [-0.15, -0.1) is 11.3 Å². The van der Waals surface area contributed by atoms with Crippen LogP contribution in [0, 0.1) is 0 Å². The van der Waals surface area contributed by atoms with Crippen molar-refractivity contribution >= 4 is 27.8 Å². The summed E-state index contributed by atoms with van der Waals surface area (Å²) in [7, 11) is 3.70. The number of rotatable bonds is 6. The zero-order valence-corrected chi connectivity index (χ0v) is 17.2. The molecule has 154 valence electrons. The number of aromatic nitrogens is 2. The van der Waals surface area contributed by atoms with E-state index in [1.807, 2.05) is 43.3 Å². The fraction of sp³-hybridized carbons (Fsp3) is 0.300. The van der Waals surface area contributed by atoms with Crippen molar-refractivity contribution in [2.75, 3.05) is 24.3 Å². The summed E-state index contributed by atoms with van der Waals surface area (Å²) in [4.78, 5) is 9.85. The highest BCUT2D eigenvalue weighted by Crippen LogP contribution is 2.37. The lowest BCUT2D eigenvalue weighted by molar-refractivity contribution is -0.140. The minimum Gasteiger partial charge on any atom is -0.437 e. The summed E-state index contributed by atoms with van der Waals surface area (Å²) in [6.07, 6.45) is -2.85. The number of hydrogen-bond acceptors (Lipinski definition) is 6. The van der Waals surface area contributed by atoms with E-state index in [0.29, 0.717) is 11.4 Å². The number of anilines is 3. The Morgan fingerprint density at radius 1 is 1.17 bits per heavy atom. The first-order valence-electron chi connectivity index (χ1n) is 8.89. The molecule has 0 aliphatic carbocycles. The third kappa shape index (κ3) is 4.97. The number of nitrogens with zero attached hydrogens (tertiary/aromatic N) is 3. The summed E-state index contributed by atoms with van der Waals surface area (Å²) in [5.41, 5.74) is 1.27. The average Bonchev–Trinajstić information content (AvgIpc) is 3.12. The lowest BCUT2D eigenvalue weighted by atomic mass is 10.0. The Bertz CT molecular complexity index is 986. The lowest BCUT2D eigenvalue weighted by Gasteiger charge is -2.18. The Balaban J connectivity index is 1.97. The minimum atomic E-state index is -4.49. The first kappa shape index (κ1) is 20.9. The Kier molecular flexibility index (Phi) is 5.97. The fourth-order valence-corrected chi connectivity index (χ4v) is 3.32. The van der Waals surface area contributed by atoms with Crippen LogP contribution in [-0.2, 0) is 6.18 Å². The van der Waals surface area contributed by atoms with Crippen LogP contribution in [0.1, 0.15) is 31.0 Å². The van der Waals surface area contributed by atoms with Gasteiger partial charge in [0.1, 0.15) is 11.4 Å². The Morgan fingerprint density at radius 2 is 1.90 bits per heavy atom. The standard InChI is InChI=1S/C20H21F3N4OS/c1-12(2)14-7-5-6-8-16(14)28-18-15(9-13(10-24-18)27(3)4)25-19-26-17(11-29-19)20(21,22)23/h5-12H,1-4H3,(H,25,26). The molecule has 0 fully saturated rings. The number of hydrogen-bond donors (Lipinski definition) is 1. The van der Waals surface area contributed by atoms with Crippen LogP contribution in [0.3, 0.4) is 0 Å². The van der Waals surface area contributed by atoms with E-state index >= 15 is 0 Å². The molecule has 3 rings (SSSR count). The lowest BCUT2D eigenvalue weighted by Crippen LogP contribution is -2.10. The van der Waals surface area contributed by atoms with Crippen molar-refractivity contribution in [1.82, 2.24) is 9.97 Å². The normalized spacial score (nSPS) is 11.6. The Hall–Kier alpha value is -2.81. The van der Waals surface area contributed by atoms with Gasteiger partial charge < -0.3 is 15.0 Å². The molecule has 3 aromatic rings. The molecule has 0 saturated heterocycles. The molecule has 2 aromatic heterocycles. The van der Waals surface area contributed by atoms with Crippen molar-refractivity contribution in [2.24, 2.45) is 0 Å². The maximum atomic E-state index is 12.9. The maximum Gasteiger partial charge on any atom is 0.434 e. The smallest absolute Gasteiger partial charge is 0.434 e. The monoisotopic (exact) mass is 422 g/mol. The third-order valence-corrected chi connectivity index (χ3v) is 4.89. The third-order valence-electron chi connectivity index (χ3n) is 4.14. The molecular weight excluding hydrogens is 401 g/mol. The van der Waals surface area contributed by atoms with Crippen LogP contribution in [0.5, 0.6) is 11.6 Å². The SMILES string of the molecule is CC(C)c1ccccc1Oc1ncc(N(C)C)cc1Nc1nc(C(F)(F)F)cs1. The van der Waals surface area contributed by atoms with Gasteiger partial charge in [0.2, 0.25) is 5.88 Å². The van der Waals surface area contributed by atoms with Gasteiger partial charge in [-0.25, -0.2) is 9.97 Å². The van der Waals surface area contributed by atoms with Gasteiger partial charge in [-0.1, -0.05) is 32.0 Å². The molecule has 0 aliphatic rings. The van der Waals surface area contributed by atoms with E-state index in [9.17, 15) is 13.2 Å². The number of para-hydroxylation sites is 1. The highest BCUT2D eigenvalue weighted by atomic mass is 32.1. The van der Waals surface area contributed by atoms with Crippen LogP contribution in [0.25, 0.3) is 0 Å². The number of alkyl halides is 3. The van der Waals surface area contributed by atoms with E-state index in [1.54, 1.807) is 12.3 Å². The van der Waals surface area contributed by atoms with Gasteiger partial charge in [0.05, 0.1) is 11.9 Å². The molecule has 0 saturated carbocycles. The summed E-state index contributed by atoms with van der Waals surface area (Å²) in [5, 5.41) is 4.00. The fourth-order valence-electron chi connectivity index (χ4n) is 2.59. The summed E-state index contributed by atoms with van der Waals surface area (Å²) in [6, 6.07) is 9.36. The number of benzene rings is 1. The van der Waals surface area contributed by atoms with E-state index in [-0.39, 0.29) is 16.9 Å². The molecule has 0 unspecified atom stereocenters. The molecule has 2 heterocycles. The van der Waals surface area contributed by atoms with E-state index in [0.717, 1.165) is 28.0 Å². The van der Waals surface area contributed by atoms with Gasteiger partial charge in [-0.3, -0.25) is 0 Å². The minimum absolute atomic E-state index is 0.108. The number of ether oxygens (including phenoxy) is 1. The highest BCUT2D eigenvalue weighted by Gasteiger charge is 2.33. The molecule has 0 amide bonds. The molecule has 29 heavy (non-hydrogen) atoms. The van der Waals surface area contributed by atoms with E-state index in [4.69, 9.17) is 4.74 Å². The maximum absolute atomic E-state index is 12.9. The van der Waals surface area contributed by atoms with Crippen molar-refractivity contribution in [3.63, 3.8) is 0 Å². The van der Waals surface area contributed by atoms with Gasteiger partial charge in [-0.2, -0.15) is 13.2 Å². The van der Waals surface area contributed by atoms with E-state index in [2.05, 4.69) is 29.1 Å². The van der Waals surface area contributed by atoms with Crippen LogP contribution in [0.4, 0.5) is 29.7 Å². The molecule has 9 heteroatoms. The van der Waals surface area contributed by atoms with Crippen molar-refractivity contribution in [3.8, 4) is 11.6 Å². The van der Waals surface area contributed by atoms with E-state index < -0.39 is 11.9 Å². The Morgan fingerprint density at radius 3 is 2.52 bits per heavy atom. The van der Waals surface area contributed by atoms with Crippen molar-refractivity contribution in [3.05, 3.63) is 53.2 Å². The van der Waals surface area contributed by atoms with Gasteiger partial charge >= 0.3 is 6.18 Å². The number of halogens is 3. The topological polar surface area (TPSA) is 50.3 Å². The van der Waals surface area contributed by atoms with Crippen LogP contribution < -0.4 is 15.0 Å². The van der Waals surface area contributed by atoms with Crippen molar-refractivity contribution in [2.45, 2.75) is 25.9 Å². The average molecular weight is 422 g/mol. The second-order valence-corrected chi connectivity index (χ2v) is 7.75. The summed E-state index contributed by atoms with van der Waals surface area (Å²) >= 11 is 0.869. The predicted octanol–water partition coefficient (Wildman–Crippen LogP) is 6.28. The van der Waals surface area contributed by atoms with Crippen LogP contribution in [0.15, 0.2) is 41.9 Å². The molecular formula is C20H21F3N4OS. The zero-order chi connectivity index (χ0) is 21.2. The second-order valence-electron chi connectivity index (χ2n) is 6.90. The molecule has 0 aliphatic heterocycles. The number of nitrogens with one attached hydrogen (secondary N) is 1. The summed E-state index contributed by atoms with van der Waals surface area (Å²) < 4.78 is 44.7. The zero-order valence-electron chi connectivity index (χ0n) is 16.4. The molecule has 1 aromatic carbocycles. The molecule has 1 N–H and O–H groups in total. The first-order chi connectivity index (χ1) is 13.6. The number of thiazole rings is 1. The molecule has 0 bridgehead atoms. The Labute approximate surface area is 171 Å². The van der Waals surface area contributed by atoms with Gasteiger partial charge in [0.15, 0.2) is 10.8 Å². The first-order valence-corrected chi connectivity index (χ1v) is 9.77. The summed E-state index contributed by atoms with van der Waals surface area (Å²) in [5.74, 6) is 1.13. The molecule has 0 radical (unpaired) electrons. The highest BCUT2D eigenvalue weighted by molar-refractivity contribution is 7.13. The van der Waals surface area contributed by atoms with Crippen LogP contribution >= 0.6 is 11.3 Å². The van der Waals surface area contributed by atoms with Crippen molar-refractivity contribution in [1.29, 1.82) is 0 Å². The number of pyridine rings is 1. The second kappa shape index (κ2) is 8.28. The quantitative estimate of drug-likeness (QED) is 0.506. The van der Waals surface area contributed by atoms with E-state index in [1.165, 1.54) is 0 Å². The van der Waals surface area contributed by atoms with Gasteiger partial charge in [0.25, 0.3) is 0 Å². The molecule has 5 nitrogen and oxygen atoms in total. The molecule has 0 atom stereocenters.